The third-order valence-electron chi connectivity index (χ3n) is 5.65. The maximum Gasteiger partial charge on any atom is 0.408 e. The molecule has 31 heavy (non-hydrogen) atoms. The van der Waals surface area contributed by atoms with Crippen LogP contribution in [0.25, 0.3) is 11.2 Å². The Hall–Kier alpha value is -3.36. The maximum atomic E-state index is 13.8. The summed E-state index contributed by atoms with van der Waals surface area (Å²) in [5, 5.41) is 10.0. The molecular weight excluding hydrogens is 408 g/mol. The zero-order valence-corrected chi connectivity index (χ0v) is 16.6. The molecule has 2 aromatic heterocycles. The van der Waals surface area contributed by atoms with Gasteiger partial charge in [0.2, 0.25) is 11.8 Å². The number of fused-ring (bicyclic) bond motifs is 1. The number of carbonyl (C=O) groups is 2. The predicted molar refractivity (Wildman–Crippen MR) is 107 cm³/mol. The van der Waals surface area contributed by atoms with Crippen molar-refractivity contribution in [1.29, 1.82) is 0 Å². The molecule has 0 spiro atoms. The van der Waals surface area contributed by atoms with Crippen LogP contribution in [-0.4, -0.2) is 38.3 Å². The lowest BCUT2D eigenvalue weighted by molar-refractivity contribution is -0.0577. The topological polar surface area (TPSA) is 96.5 Å². The quantitative estimate of drug-likeness (QED) is 0.549. The monoisotopic (exact) mass is 429 g/mol. The SMILES string of the molecule is O=Cc1ccc2oc([C@H](C3CCC(F)(F)CC3)N(Cc3ccccc3)C(=O)O)nc2n1. The smallest absolute Gasteiger partial charge is 0.408 e. The number of aldehydes is 1. The molecule has 162 valence electrons. The van der Waals surface area contributed by atoms with Crippen molar-refractivity contribution in [3.05, 3.63) is 59.6 Å². The van der Waals surface area contributed by atoms with Crippen LogP contribution in [0.2, 0.25) is 0 Å². The van der Waals surface area contributed by atoms with Crippen LogP contribution in [0.15, 0.2) is 46.9 Å². The molecule has 0 saturated heterocycles. The summed E-state index contributed by atoms with van der Waals surface area (Å²) in [6.07, 6.45) is -0.978. The summed E-state index contributed by atoms with van der Waals surface area (Å²) in [4.78, 5) is 32.9. The van der Waals surface area contributed by atoms with Gasteiger partial charge in [0.15, 0.2) is 17.5 Å². The Labute approximate surface area is 176 Å². The van der Waals surface area contributed by atoms with Gasteiger partial charge in [0.1, 0.15) is 11.7 Å². The number of pyridine rings is 1. The summed E-state index contributed by atoms with van der Waals surface area (Å²) in [6, 6.07) is 11.2. The second kappa shape index (κ2) is 8.41. The number of nitrogens with zero attached hydrogens (tertiary/aromatic N) is 3. The number of hydrogen-bond acceptors (Lipinski definition) is 5. The van der Waals surface area contributed by atoms with E-state index in [1.165, 1.54) is 17.0 Å². The number of benzene rings is 1. The Morgan fingerprint density at radius 2 is 1.90 bits per heavy atom. The average Bonchev–Trinajstić information content (AvgIpc) is 3.17. The van der Waals surface area contributed by atoms with Crippen molar-refractivity contribution in [3.63, 3.8) is 0 Å². The molecule has 0 radical (unpaired) electrons. The Morgan fingerprint density at radius 1 is 1.19 bits per heavy atom. The molecule has 7 nitrogen and oxygen atoms in total. The molecule has 1 N–H and O–H groups in total. The second-order valence-electron chi connectivity index (χ2n) is 7.76. The van der Waals surface area contributed by atoms with E-state index in [0.717, 1.165) is 5.56 Å². The number of alkyl halides is 2. The molecule has 9 heteroatoms. The highest BCUT2D eigenvalue weighted by atomic mass is 19.3. The Kier molecular flexibility index (Phi) is 5.67. The van der Waals surface area contributed by atoms with E-state index in [1.54, 1.807) is 24.3 Å². The van der Waals surface area contributed by atoms with Gasteiger partial charge >= 0.3 is 6.09 Å². The van der Waals surface area contributed by atoms with Crippen LogP contribution in [-0.2, 0) is 6.54 Å². The molecule has 1 amide bonds. The third kappa shape index (κ3) is 4.55. The van der Waals surface area contributed by atoms with Gasteiger partial charge in [0, 0.05) is 19.4 Å². The molecule has 4 rings (SSSR count). The van der Waals surface area contributed by atoms with Crippen LogP contribution in [0.4, 0.5) is 13.6 Å². The molecule has 0 aliphatic heterocycles. The van der Waals surface area contributed by atoms with Crippen molar-refractivity contribution >= 4 is 23.6 Å². The minimum Gasteiger partial charge on any atom is -0.465 e. The summed E-state index contributed by atoms with van der Waals surface area (Å²) >= 11 is 0. The van der Waals surface area contributed by atoms with E-state index in [9.17, 15) is 23.5 Å². The first-order valence-corrected chi connectivity index (χ1v) is 10.0. The van der Waals surface area contributed by atoms with Crippen LogP contribution in [0, 0.1) is 5.92 Å². The summed E-state index contributed by atoms with van der Waals surface area (Å²) in [6.45, 7) is 0.0550. The van der Waals surface area contributed by atoms with Crippen molar-refractivity contribution < 1.29 is 27.9 Å². The van der Waals surface area contributed by atoms with Crippen molar-refractivity contribution in [3.8, 4) is 0 Å². The first kappa shape index (κ1) is 20.9. The lowest BCUT2D eigenvalue weighted by atomic mass is 9.81. The first-order chi connectivity index (χ1) is 14.9. The van der Waals surface area contributed by atoms with Gasteiger partial charge in [-0.1, -0.05) is 30.3 Å². The summed E-state index contributed by atoms with van der Waals surface area (Å²) < 4.78 is 33.4. The molecule has 1 aromatic carbocycles. The van der Waals surface area contributed by atoms with Crippen LogP contribution in [0.1, 0.15) is 53.7 Å². The van der Waals surface area contributed by atoms with Gasteiger partial charge in [-0.2, -0.15) is 4.98 Å². The van der Waals surface area contributed by atoms with E-state index in [0.29, 0.717) is 11.9 Å². The van der Waals surface area contributed by atoms with Gasteiger partial charge in [-0.3, -0.25) is 9.69 Å². The highest BCUT2D eigenvalue weighted by Crippen LogP contribution is 2.44. The van der Waals surface area contributed by atoms with E-state index < -0.39 is 24.0 Å². The Bertz CT molecular complexity index is 1080. The molecular formula is C22H21F2N3O4. The van der Waals surface area contributed by atoms with Crippen LogP contribution >= 0.6 is 0 Å². The van der Waals surface area contributed by atoms with Crippen LogP contribution in [0.5, 0.6) is 0 Å². The maximum absolute atomic E-state index is 13.8. The minimum atomic E-state index is -2.75. The summed E-state index contributed by atoms with van der Waals surface area (Å²) in [7, 11) is 0. The van der Waals surface area contributed by atoms with Gasteiger partial charge in [-0.25, -0.2) is 18.6 Å². The molecule has 1 fully saturated rings. The van der Waals surface area contributed by atoms with Gasteiger partial charge < -0.3 is 9.52 Å². The standard InChI is InChI=1S/C22H21F2N3O4/c23-22(24)10-8-15(9-11-22)18(27(21(29)30)12-14-4-2-1-3-5-14)20-26-19-17(31-20)7-6-16(13-28)25-19/h1-7,13,15,18H,8-12H2,(H,29,30)/t18-/m0/s1. The van der Waals surface area contributed by atoms with E-state index in [1.807, 2.05) is 6.07 Å². The molecule has 1 saturated carbocycles. The summed E-state index contributed by atoms with van der Waals surface area (Å²) in [5.74, 6) is -3.05. The number of carboxylic acid groups (broad SMARTS) is 1. The molecule has 2 heterocycles. The summed E-state index contributed by atoms with van der Waals surface area (Å²) in [5.41, 5.74) is 1.40. The van der Waals surface area contributed by atoms with E-state index in [-0.39, 0.29) is 49.5 Å². The van der Waals surface area contributed by atoms with Crippen molar-refractivity contribution in [2.24, 2.45) is 5.92 Å². The number of oxazole rings is 1. The second-order valence-corrected chi connectivity index (χ2v) is 7.76. The predicted octanol–water partition coefficient (Wildman–Crippen LogP) is 5.08. The first-order valence-electron chi connectivity index (χ1n) is 10.0. The van der Waals surface area contributed by atoms with Crippen molar-refractivity contribution in [2.75, 3.05) is 0 Å². The largest absolute Gasteiger partial charge is 0.465 e. The highest BCUT2D eigenvalue weighted by Gasteiger charge is 2.43. The number of rotatable bonds is 6. The Balaban J connectivity index is 1.74. The van der Waals surface area contributed by atoms with Gasteiger partial charge in [-0.05, 0) is 36.5 Å². The van der Waals surface area contributed by atoms with Gasteiger partial charge in [0.05, 0.1) is 0 Å². The van der Waals surface area contributed by atoms with Crippen molar-refractivity contribution in [2.45, 2.75) is 44.2 Å². The van der Waals surface area contributed by atoms with Crippen LogP contribution in [0.3, 0.4) is 0 Å². The highest BCUT2D eigenvalue weighted by molar-refractivity contribution is 5.78. The molecule has 3 aromatic rings. The molecule has 1 aliphatic carbocycles. The average molecular weight is 429 g/mol. The lowest BCUT2D eigenvalue weighted by Crippen LogP contribution is -2.40. The number of halogens is 2. The van der Waals surface area contributed by atoms with Gasteiger partial charge in [0.25, 0.3) is 0 Å². The minimum absolute atomic E-state index is 0.0550. The normalized spacial score (nSPS) is 17.4. The van der Waals surface area contributed by atoms with E-state index in [2.05, 4.69) is 9.97 Å². The number of aromatic nitrogens is 2. The van der Waals surface area contributed by atoms with Crippen LogP contribution < -0.4 is 0 Å². The fourth-order valence-corrected chi connectivity index (χ4v) is 4.07. The van der Waals surface area contributed by atoms with E-state index >= 15 is 0 Å². The van der Waals surface area contributed by atoms with Crippen molar-refractivity contribution in [1.82, 2.24) is 14.9 Å². The zero-order chi connectivity index (χ0) is 22.0. The fourth-order valence-electron chi connectivity index (χ4n) is 4.07. The number of amides is 1. The number of hydrogen-bond donors (Lipinski definition) is 1. The molecule has 0 unspecified atom stereocenters. The van der Waals surface area contributed by atoms with E-state index in [4.69, 9.17) is 4.42 Å². The number of carbonyl (C=O) groups excluding carboxylic acids is 1. The third-order valence-corrected chi connectivity index (χ3v) is 5.65. The zero-order valence-electron chi connectivity index (χ0n) is 16.6. The molecule has 0 bridgehead atoms. The van der Waals surface area contributed by atoms with Gasteiger partial charge in [-0.15, -0.1) is 0 Å². The molecule has 1 aliphatic rings. The molecule has 1 atom stereocenters. The Morgan fingerprint density at radius 3 is 2.55 bits per heavy atom. The fraction of sp³-hybridized carbons (Fsp3) is 0.364. The lowest BCUT2D eigenvalue weighted by Gasteiger charge is -2.37.